The minimum absolute atomic E-state index is 0.0530. The van der Waals surface area contributed by atoms with E-state index in [9.17, 15) is 0 Å². The molecule has 0 bridgehead atoms. The van der Waals surface area contributed by atoms with Crippen LogP contribution in [0.1, 0.15) is 25.0 Å². The highest BCUT2D eigenvalue weighted by Gasteiger charge is 2.46. The molecule has 0 fully saturated rings. The normalized spacial score (nSPS) is 15.9. The van der Waals surface area contributed by atoms with E-state index in [4.69, 9.17) is 4.74 Å². The Hall–Kier alpha value is -2.68. The van der Waals surface area contributed by atoms with Crippen LogP contribution in [0.3, 0.4) is 0 Å². The van der Waals surface area contributed by atoms with Gasteiger partial charge in [0.2, 0.25) is 5.69 Å². The first kappa shape index (κ1) is 12.8. The Balaban J connectivity index is 1.92. The highest BCUT2D eigenvalue weighted by molar-refractivity contribution is 5.88. The van der Waals surface area contributed by atoms with Crippen molar-refractivity contribution in [1.29, 1.82) is 0 Å². The van der Waals surface area contributed by atoms with Crippen molar-refractivity contribution in [3.8, 4) is 28.1 Å². The Bertz CT molecular complexity index is 945. The number of hydrogen-bond donors (Lipinski definition) is 0. The topological polar surface area (TPSA) is 26.0 Å². The molecule has 5 rings (SSSR count). The molecule has 0 atom stereocenters. The standard InChI is InChI=1S/C20H17N2O/c1-20(2)15-6-4-10-22-12-23-16-8-7-14(13-5-3-9-21-11-13)18(20)17(16)19(15)22/h3-11H,12H2,1-2H3/q+1. The highest BCUT2D eigenvalue weighted by Crippen LogP contribution is 2.54. The van der Waals surface area contributed by atoms with E-state index in [1.165, 1.54) is 27.9 Å². The van der Waals surface area contributed by atoms with E-state index in [0.29, 0.717) is 6.73 Å². The quantitative estimate of drug-likeness (QED) is 0.641. The van der Waals surface area contributed by atoms with Gasteiger partial charge < -0.3 is 4.74 Å². The van der Waals surface area contributed by atoms with E-state index in [1.54, 1.807) is 0 Å². The number of rotatable bonds is 1. The van der Waals surface area contributed by atoms with Gasteiger partial charge in [0.15, 0.2) is 6.20 Å². The van der Waals surface area contributed by atoms with Gasteiger partial charge in [-0.3, -0.25) is 4.98 Å². The fourth-order valence-electron chi connectivity index (χ4n) is 4.07. The number of aromatic nitrogens is 2. The minimum Gasteiger partial charge on any atom is -0.435 e. The fraction of sp³-hybridized carbons (Fsp3) is 0.200. The molecule has 23 heavy (non-hydrogen) atoms. The molecule has 0 unspecified atom stereocenters. The molecule has 3 heteroatoms. The Morgan fingerprint density at radius 2 is 2.04 bits per heavy atom. The lowest BCUT2D eigenvalue weighted by Crippen LogP contribution is -2.41. The van der Waals surface area contributed by atoms with Gasteiger partial charge in [-0.2, -0.15) is 4.57 Å². The molecule has 2 aliphatic rings. The van der Waals surface area contributed by atoms with Crippen LogP contribution < -0.4 is 9.30 Å². The summed E-state index contributed by atoms with van der Waals surface area (Å²) >= 11 is 0. The number of benzene rings is 1. The minimum atomic E-state index is -0.0530. The zero-order chi connectivity index (χ0) is 15.6. The number of ether oxygens (including phenoxy) is 1. The van der Waals surface area contributed by atoms with Gasteiger partial charge in [0.05, 0.1) is 5.56 Å². The number of nitrogens with zero attached hydrogens (tertiary/aromatic N) is 2. The lowest BCUT2D eigenvalue weighted by Gasteiger charge is -2.23. The molecular formula is C20H17N2O+. The molecule has 3 heterocycles. The maximum atomic E-state index is 6.00. The van der Waals surface area contributed by atoms with Crippen molar-refractivity contribution in [3.05, 3.63) is 66.1 Å². The van der Waals surface area contributed by atoms with Gasteiger partial charge in [-0.1, -0.05) is 26.0 Å². The van der Waals surface area contributed by atoms with Crippen LogP contribution in [0, 0.1) is 0 Å². The predicted molar refractivity (Wildman–Crippen MR) is 88.1 cm³/mol. The Morgan fingerprint density at radius 3 is 2.87 bits per heavy atom. The second kappa shape index (κ2) is 4.19. The molecule has 112 valence electrons. The molecule has 1 aromatic carbocycles. The zero-order valence-corrected chi connectivity index (χ0v) is 13.2. The van der Waals surface area contributed by atoms with E-state index >= 15 is 0 Å². The molecule has 0 N–H and O–H groups in total. The lowest BCUT2D eigenvalue weighted by molar-refractivity contribution is -0.717. The summed E-state index contributed by atoms with van der Waals surface area (Å²) < 4.78 is 8.21. The van der Waals surface area contributed by atoms with Crippen molar-refractivity contribution in [2.75, 3.05) is 0 Å². The molecule has 0 amide bonds. The summed E-state index contributed by atoms with van der Waals surface area (Å²) in [7, 11) is 0. The summed E-state index contributed by atoms with van der Waals surface area (Å²) in [5, 5.41) is 0. The summed E-state index contributed by atoms with van der Waals surface area (Å²) in [6.45, 7) is 5.19. The van der Waals surface area contributed by atoms with Crippen molar-refractivity contribution in [1.82, 2.24) is 4.98 Å². The first-order valence-electron chi connectivity index (χ1n) is 7.92. The average Bonchev–Trinajstić information content (AvgIpc) is 2.84. The average molecular weight is 301 g/mol. The predicted octanol–water partition coefficient (Wildman–Crippen LogP) is 3.69. The van der Waals surface area contributed by atoms with Crippen molar-refractivity contribution in [2.24, 2.45) is 0 Å². The molecule has 2 aromatic heterocycles. The second-order valence-corrected chi connectivity index (χ2v) is 6.74. The van der Waals surface area contributed by atoms with Crippen molar-refractivity contribution in [2.45, 2.75) is 26.0 Å². The first-order chi connectivity index (χ1) is 11.2. The maximum Gasteiger partial charge on any atom is 0.292 e. The van der Waals surface area contributed by atoms with Crippen LogP contribution >= 0.6 is 0 Å². The van der Waals surface area contributed by atoms with E-state index < -0.39 is 0 Å². The van der Waals surface area contributed by atoms with Crippen LogP contribution in [0.5, 0.6) is 5.75 Å². The molecule has 0 saturated carbocycles. The van der Waals surface area contributed by atoms with Gasteiger partial charge >= 0.3 is 0 Å². The molecule has 0 radical (unpaired) electrons. The van der Waals surface area contributed by atoms with Crippen LogP contribution in [0.15, 0.2) is 55.0 Å². The van der Waals surface area contributed by atoms with Gasteiger partial charge in [-0.15, -0.1) is 0 Å². The van der Waals surface area contributed by atoms with Crippen LogP contribution in [-0.2, 0) is 12.1 Å². The first-order valence-corrected chi connectivity index (χ1v) is 7.92. The van der Waals surface area contributed by atoms with Crippen LogP contribution in [0.25, 0.3) is 22.4 Å². The van der Waals surface area contributed by atoms with Crippen LogP contribution in [0.2, 0.25) is 0 Å². The third-order valence-corrected chi connectivity index (χ3v) is 5.11. The molecular weight excluding hydrogens is 284 g/mol. The molecule has 3 aromatic rings. The molecule has 0 saturated heterocycles. The maximum absolute atomic E-state index is 6.00. The largest absolute Gasteiger partial charge is 0.435 e. The fourth-order valence-corrected chi connectivity index (χ4v) is 4.07. The molecule has 1 aliphatic heterocycles. The van der Waals surface area contributed by atoms with E-state index in [0.717, 1.165) is 11.3 Å². The van der Waals surface area contributed by atoms with Crippen molar-refractivity contribution in [3.63, 3.8) is 0 Å². The zero-order valence-electron chi connectivity index (χ0n) is 13.2. The molecule has 0 spiro atoms. The van der Waals surface area contributed by atoms with E-state index in [-0.39, 0.29) is 5.41 Å². The van der Waals surface area contributed by atoms with Gasteiger partial charge in [0.1, 0.15) is 5.75 Å². The number of pyridine rings is 2. The molecule has 1 aliphatic carbocycles. The van der Waals surface area contributed by atoms with E-state index in [2.05, 4.69) is 59.9 Å². The Labute approximate surface area is 135 Å². The SMILES string of the molecule is CC1(C)c2ccc[n+]3c2-c2c(ccc(-c4cccnc4)c21)OC3. The van der Waals surface area contributed by atoms with Gasteiger partial charge in [-0.05, 0) is 29.3 Å². The lowest BCUT2D eigenvalue weighted by atomic mass is 9.79. The Kier molecular flexibility index (Phi) is 2.34. The summed E-state index contributed by atoms with van der Waals surface area (Å²) in [6.07, 6.45) is 5.86. The van der Waals surface area contributed by atoms with E-state index in [1.807, 2.05) is 18.5 Å². The monoisotopic (exact) mass is 301 g/mol. The third-order valence-electron chi connectivity index (χ3n) is 5.11. The smallest absolute Gasteiger partial charge is 0.292 e. The molecule has 3 nitrogen and oxygen atoms in total. The summed E-state index contributed by atoms with van der Waals surface area (Å²) in [4.78, 5) is 4.30. The van der Waals surface area contributed by atoms with Crippen molar-refractivity contribution < 1.29 is 9.30 Å². The summed E-state index contributed by atoms with van der Waals surface area (Å²) in [6, 6.07) is 12.8. The van der Waals surface area contributed by atoms with Gasteiger partial charge in [0.25, 0.3) is 6.73 Å². The van der Waals surface area contributed by atoms with Gasteiger partial charge in [0, 0.05) is 35.0 Å². The third kappa shape index (κ3) is 1.54. The number of hydrogen-bond acceptors (Lipinski definition) is 2. The Morgan fingerprint density at radius 1 is 1.13 bits per heavy atom. The van der Waals surface area contributed by atoms with Crippen LogP contribution in [-0.4, -0.2) is 4.98 Å². The van der Waals surface area contributed by atoms with Crippen LogP contribution in [0.4, 0.5) is 0 Å². The van der Waals surface area contributed by atoms with Crippen molar-refractivity contribution >= 4 is 0 Å². The summed E-state index contributed by atoms with van der Waals surface area (Å²) in [5.74, 6) is 0.991. The summed E-state index contributed by atoms with van der Waals surface area (Å²) in [5.41, 5.74) is 7.62. The van der Waals surface area contributed by atoms with Gasteiger partial charge in [-0.25, -0.2) is 0 Å². The second-order valence-electron chi connectivity index (χ2n) is 6.74. The highest BCUT2D eigenvalue weighted by atomic mass is 16.5.